The van der Waals surface area contributed by atoms with E-state index in [2.05, 4.69) is 34.6 Å². The first kappa shape index (κ1) is 93.1. The van der Waals surface area contributed by atoms with E-state index >= 15 is 0 Å². The van der Waals surface area contributed by atoms with Gasteiger partial charge in [-0.25, -0.2) is 9.13 Å². The SMILES string of the molecule is CCCCCCCCCCCCCCCCC(=O)OC[C@H](COP(=O)(O)OC[C@@H](O)COP(=O)(O)OC[C@@H](COC(=O)CCCCCCCCCCC)OC(=O)CCCCCCCCCCCCCCCC)OC(=O)CCCCCCCCCCCCCCCCC(C)CC. The molecule has 19 heteroatoms. The molecule has 0 rings (SSSR count). The van der Waals surface area contributed by atoms with E-state index in [-0.39, 0.29) is 25.7 Å². The van der Waals surface area contributed by atoms with Crippen molar-refractivity contribution >= 4 is 39.5 Å². The Morgan fingerprint density at radius 1 is 0.295 bits per heavy atom. The standard InChI is InChI=1S/C76H148O17P2/c1-6-10-13-16-19-22-24-26-31-35-40-45-50-55-60-74(79)87-66-72(93-76(81)62-57-52-47-42-37-33-29-28-30-34-39-43-48-53-58-69(5)9-4)68-91-95(84,85)89-64-70(77)63-88-94(82,83)90-67-71(65-86-73(78)59-54-49-44-38-21-18-15-12-8-3)92-75(80)61-56-51-46-41-36-32-27-25-23-20-17-14-11-7-2/h69-72,77H,6-68H2,1-5H3,(H,82,83)(H,84,85)/t69?,70-,71+,72+/m0/s1. The van der Waals surface area contributed by atoms with Crippen molar-refractivity contribution in [1.82, 2.24) is 0 Å². The summed E-state index contributed by atoms with van der Waals surface area (Å²) in [6.07, 6.45) is 58.0. The molecule has 564 valence electrons. The van der Waals surface area contributed by atoms with Crippen LogP contribution < -0.4 is 0 Å². The van der Waals surface area contributed by atoms with E-state index in [9.17, 15) is 43.2 Å². The van der Waals surface area contributed by atoms with Crippen molar-refractivity contribution < 1.29 is 80.2 Å². The van der Waals surface area contributed by atoms with E-state index in [1.807, 2.05) is 0 Å². The van der Waals surface area contributed by atoms with E-state index in [0.717, 1.165) is 95.8 Å². The Morgan fingerprint density at radius 3 is 0.747 bits per heavy atom. The maximum absolute atomic E-state index is 13.1. The van der Waals surface area contributed by atoms with Crippen LogP contribution in [0, 0.1) is 5.92 Å². The Balaban J connectivity index is 5.23. The Bertz CT molecular complexity index is 1820. The summed E-state index contributed by atoms with van der Waals surface area (Å²) in [7, 11) is -9.91. The average molecular weight is 1400 g/mol. The Labute approximate surface area is 581 Å². The zero-order chi connectivity index (χ0) is 69.8. The van der Waals surface area contributed by atoms with Crippen LogP contribution in [0.5, 0.6) is 0 Å². The molecule has 0 aliphatic heterocycles. The maximum Gasteiger partial charge on any atom is 0.472 e. The minimum Gasteiger partial charge on any atom is -0.462 e. The van der Waals surface area contributed by atoms with E-state index in [0.29, 0.717) is 25.7 Å². The summed E-state index contributed by atoms with van der Waals surface area (Å²) in [5, 5.41) is 10.6. The van der Waals surface area contributed by atoms with Crippen LogP contribution in [0.25, 0.3) is 0 Å². The number of rotatable bonds is 76. The second-order valence-electron chi connectivity index (χ2n) is 27.6. The highest BCUT2D eigenvalue weighted by molar-refractivity contribution is 7.47. The molecular formula is C76H148O17P2. The van der Waals surface area contributed by atoms with Gasteiger partial charge in [-0.15, -0.1) is 0 Å². The molecule has 0 saturated carbocycles. The first-order valence-corrected chi connectivity index (χ1v) is 42.7. The number of carbonyl (C=O) groups is 4. The van der Waals surface area contributed by atoms with Gasteiger partial charge >= 0.3 is 39.5 Å². The fourth-order valence-electron chi connectivity index (χ4n) is 11.7. The van der Waals surface area contributed by atoms with Gasteiger partial charge in [0.25, 0.3) is 0 Å². The fourth-order valence-corrected chi connectivity index (χ4v) is 13.3. The molecule has 0 aliphatic carbocycles. The van der Waals surface area contributed by atoms with Crippen LogP contribution in [-0.2, 0) is 65.4 Å². The van der Waals surface area contributed by atoms with Crippen molar-refractivity contribution in [1.29, 1.82) is 0 Å². The summed E-state index contributed by atoms with van der Waals surface area (Å²) in [6.45, 7) is 7.34. The van der Waals surface area contributed by atoms with Crippen molar-refractivity contribution in [2.75, 3.05) is 39.6 Å². The van der Waals surface area contributed by atoms with Crippen molar-refractivity contribution in [2.45, 2.75) is 419 Å². The fraction of sp³-hybridized carbons (Fsp3) is 0.947. The third kappa shape index (κ3) is 69.0. The molecule has 0 fully saturated rings. The Hall–Kier alpha value is -1.94. The third-order valence-electron chi connectivity index (χ3n) is 18.1. The number of hydrogen-bond donors (Lipinski definition) is 3. The van der Waals surface area contributed by atoms with Crippen molar-refractivity contribution in [3.63, 3.8) is 0 Å². The highest BCUT2D eigenvalue weighted by Crippen LogP contribution is 2.45. The number of aliphatic hydroxyl groups is 1. The zero-order valence-corrected chi connectivity index (χ0v) is 63.6. The molecule has 95 heavy (non-hydrogen) atoms. The number of unbranched alkanes of at least 4 members (excludes halogenated alkanes) is 47. The van der Waals surface area contributed by atoms with E-state index < -0.39 is 97.5 Å². The van der Waals surface area contributed by atoms with Gasteiger partial charge in [-0.2, -0.15) is 0 Å². The van der Waals surface area contributed by atoms with Gasteiger partial charge in [0, 0.05) is 25.7 Å². The summed E-state index contributed by atoms with van der Waals surface area (Å²) in [6, 6.07) is 0. The van der Waals surface area contributed by atoms with Gasteiger partial charge in [0.1, 0.15) is 19.3 Å². The van der Waals surface area contributed by atoms with Crippen molar-refractivity contribution in [3.8, 4) is 0 Å². The predicted molar refractivity (Wildman–Crippen MR) is 386 cm³/mol. The maximum atomic E-state index is 13.1. The largest absolute Gasteiger partial charge is 0.472 e. The molecule has 6 atom stereocenters. The number of ether oxygens (including phenoxy) is 4. The minimum atomic E-state index is -4.96. The van der Waals surface area contributed by atoms with Gasteiger partial charge in [0.05, 0.1) is 26.4 Å². The number of esters is 4. The molecule has 0 saturated heterocycles. The summed E-state index contributed by atoms with van der Waals surface area (Å²) in [5.74, 6) is -1.27. The molecule has 0 radical (unpaired) electrons. The normalized spacial score (nSPS) is 14.2. The smallest absolute Gasteiger partial charge is 0.462 e. The van der Waals surface area contributed by atoms with Gasteiger partial charge < -0.3 is 33.8 Å². The summed E-state index contributed by atoms with van der Waals surface area (Å²) in [5.41, 5.74) is 0. The monoisotopic (exact) mass is 1400 g/mol. The van der Waals surface area contributed by atoms with E-state index in [1.54, 1.807) is 0 Å². The summed E-state index contributed by atoms with van der Waals surface area (Å²) in [4.78, 5) is 72.8. The molecule has 0 aromatic rings. The molecular weight excluding hydrogens is 1250 g/mol. The molecule has 0 bridgehead atoms. The topological polar surface area (TPSA) is 237 Å². The summed E-state index contributed by atoms with van der Waals surface area (Å²) >= 11 is 0. The predicted octanol–water partition coefficient (Wildman–Crippen LogP) is 22.5. The number of carbonyl (C=O) groups excluding carboxylic acids is 4. The second-order valence-corrected chi connectivity index (χ2v) is 30.5. The lowest BCUT2D eigenvalue weighted by Gasteiger charge is -2.21. The molecule has 0 spiro atoms. The van der Waals surface area contributed by atoms with Crippen LogP contribution >= 0.6 is 15.6 Å². The van der Waals surface area contributed by atoms with Gasteiger partial charge in [-0.1, -0.05) is 349 Å². The minimum absolute atomic E-state index is 0.108. The second kappa shape index (κ2) is 69.2. The van der Waals surface area contributed by atoms with Crippen molar-refractivity contribution in [3.05, 3.63) is 0 Å². The van der Waals surface area contributed by atoms with Gasteiger partial charge in [-0.05, 0) is 31.6 Å². The molecule has 3 unspecified atom stereocenters. The average Bonchev–Trinajstić information content (AvgIpc) is 1.66. The summed E-state index contributed by atoms with van der Waals surface area (Å²) < 4.78 is 68.5. The zero-order valence-electron chi connectivity index (χ0n) is 61.8. The number of phosphoric ester groups is 2. The number of hydrogen-bond acceptors (Lipinski definition) is 15. The van der Waals surface area contributed by atoms with Crippen LogP contribution in [0.2, 0.25) is 0 Å². The number of aliphatic hydroxyl groups excluding tert-OH is 1. The van der Waals surface area contributed by atoms with Crippen LogP contribution in [0.1, 0.15) is 401 Å². The van der Waals surface area contributed by atoms with E-state index in [4.69, 9.17) is 37.0 Å². The molecule has 0 amide bonds. The van der Waals surface area contributed by atoms with Crippen molar-refractivity contribution in [2.24, 2.45) is 5.92 Å². The lowest BCUT2D eigenvalue weighted by molar-refractivity contribution is -0.161. The van der Waals surface area contributed by atoms with Crippen LogP contribution in [-0.4, -0.2) is 96.7 Å². The molecule has 0 aliphatic rings. The molecule has 0 heterocycles. The number of phosphoric acid groups is 2. The van der Waals surface area contributed by atoms with Crippen LogP contribution in [0.15, 0.2) is 0 Å². The quantitative estimate of drug-likeness (QED) is 0.0222. The molecule has 3 N–H and O–H groups in total. The van der Waals surface area contributed by atoms with Crippen LogP contribution in [0.4, 0.5) is 0 Å². The molecule has 17 nitrogen and oxygen atoms in total. The first-order chi connectivity index (χ1) is 46.1. The molecule has 0 aromatic carbocycles. The lowest BCUT2D eigenvalue weighted by atomic mass is 9.99. The lowest BCUT2D eigenvalue weighted by Crippen LogP contribution is -2.30. The van der Waals surface area contributed by atoms with Gasteiger partial charge in [0.2, 0.25) is 0 Å². The van der Waals surface area contributed by atoms with Gasteiger partial charge in [0.15, 0.2) is 12.2 Å². The highest BCUT2D eigenvalue weighted by Gasteiger charge is 2.30. The highest BCUT2D eigenvalue weighted by atomic mass is 31.2. The van der Waals surface area contributed by atoms with E-state index in [1.165, 1.54) is 225 Å². The first-order valence-electron chi connectivity index (χ1n) is 39.7. The Morgan fingerprint density at radius 2 is 0.505 bits per heavy atom. The van der Waals surface area contributed by atoms with Crippen LogP contribution in [0.3, 0.4) is 0 Å². The Kier molecular flexibility index (Phi) is 67.7. The third-order valence-corrected chi connectivity index (χ3v) is 20.0. The molecule has 0 aromatic heterocycles. The van der Waals surface area contributed by atoms with Gasteiger partial charge in [-0.3, -0.25) is 37.3 Å².